The highest BCUT2D eigenvalue weighted by atomic mass is 32.2. The summed E-state index contributed by atoms with van der Waals surface area (Å²) in [6, 6.07) is 0. The summed E-state index contributed by atoms with van der Waals surface area (Å²) in [7, 11) is -4.07. The minimum Gasteiger partial charge on any atom is -0.505 e. The molecule has 1 aromatic rings. The largest absolute Gasteiger partial charge is 0.505 e. The third-order valence-corrected chi connectivity index (χ3v) is 2.83. The van der Waals surface area contributed by atoms with E-state index in [1.165, 1.54) is 6.92 Å². The molecule has 0 unspecified atom stereocenters. The molecule has 0 aromatic carbocycles. The molecule has 1 heterocycles. The molecule has 0 spiro atoms. The molecular formula is C7H8F2N2O3S. The van der Waals surface area contributed by atoms with Gasteiger partial charge in [0, 0.05) is 11.8 Å². The van der Waals surface area contributed by atoms with Gasteiger partial charge < -0.3 is 5.11 Å². The summed E-state index contributed by atoms with van der Waals surface area (Å²) in [5, 5.41) is 14.0. The van der Waals surface area contributed by atoms with E-state index in [2.05, 4.69) is 4.98 Å². The Balaban J connectivity index is 3.48. The highest BCUT2D eigenvalue weighted by molar-refractivity contribution is 7.89. The van der Waals surface area contributed by atoms with Gasteiger partial charge in [-0.05, 0) is 6.92 Å². The van der Waals surface area contributed by atoms with E-state index in [-0.39, 0.29) is 5.56 Å². The van der Waals surface area contributed by atoms with Gasteiger partial charge >= 0.3 is 0 Å². The number of alkyl halides is 2. The summed E-state index contributed by atoms with van der Waals surface area (Å²) in [5.74, 6) is -0.850. The van der Waals surface area contributed by atoms with Gasteiger partial charge in [0.1, 0.15) is 16.3 Å². The summed E-state index contributed by atoms with van der Waals surface area (Å²) in [6.45, 7) is 1.17. The van der Waals surface area contributed by atoms with Crippen molar-refractivity contribution >= 4 is 10.0 Å². The van der Waals surface area contributed by atoms with Crippen LogP contribution in [0.1, 0.15) is 17.7 Å². The van der Waals surface area contributed by atoms with Crippen LogP contribution >= 0.6 is 0 Å². The van der Waals surface area contributed by atoms with Crippen molar-refractivity contribution in [1.82, 2.24) is 4.98 Å². The first kappa shape index (κ1) is 11.8. The molecule has 0 amide bonds. The maximum atomic E-state index is 12.2. The summed E-state index contributed by atoms with van der Waals surface area (Å²) in [4.78, 5) is 2.68. The van der Waals surface area contributed by atoms with Crippen LogP contribution in [0.3, 0.4) is 0 Å². The molecule has 8 heteroatoms. The van der Waals surface area contributed by atoms with Gasteiger partial charge in [-0.25, -0.2) is 27.3 Å². The molecule has 0 fully saturated rings. The Bertz CT molecular complexity index is 487. The number of nitrogens with zero attached hydrogens (tertiary/aromatic N) is 1. The third kappa shape index (κ3) is 2.21. The van der Waals surface area contributed by atoms with Crippen LogP contribution in [0.4, 0.5) is 8.78 Å². The van der Waals surface area contributed by atoms with Crippen LogP contribution in [0.5, 0.6) is 5.75 Å². The molecule has 15 heavy (non-hydrogen) atoms. The topological polar surface area (TPSA) is 93.3 Å². The number of rotatable bonds is 2. The average Bonchev–Trinajstić information content (AvgIpc) is 2.06. The first-order chi connectivity index (χ1) is 6.75. The zero-order valence-electron chi connectivity index (χ0n) is 7.61. The Kier molecular flexibility index (Phi) is 2.91. The lowest BCUT2D eigenvalue weighted by molar-refractivity contribution is 0.141. The molecule has 0 atom stereocenters. The van der Waals surface area contributed by atoms with Gasteiger partial charge in [-0.1, -0.05) is 0 Å². The number of sulfonamides is 1. The number of aromatic hydroxyl groups is 1. The molecule has 1 rings (SSSR count). The van der Waals surface area contributed by atoms with E-state index in [0.717, 1.165) is 0 Å². The van der Waals surface area contributed by atoms with Crippen molar-refractivity contribution in [2.75, 3.05) is 0 Å². The Labute approximate surface area is 84.6 Å². The Morgan fingerprint density at radius 2 is 2.07 bits per heavy atom. The monoisotopic (exact) mass is 238 g/mol. The first-order valence-electron chi connectivity index (χ1n) is 3.74. The van der Waals surface area contributed by atoms with E-state index in [1.807, 2.05) is 0 Å². The van der Waals surface area contributed by atoms with Crippen molar-refractivity contribution in [3.05, 3.63) is 17.5 Å². The maximum Gasteiger partial charge on any atom is 0.284 e. The molecule has 5 nitrogen and oxygen atoms in total. The molecule has 84 valence electrons. The van der Waals surface area contributed by atoms with E-state index in [1.54, 1.807) is 0 Å². The van der Waals surface area contributed by atoms with Gasteiger partial charge in [0.25, 0.3) is 6.43 Å². The number of hydrogen-bond donors (Lipinski definition) is 2. The number of primary sulfonamides is 1. The van der Waals surface area contributed by atoms with Crippen LogP contribution < -0.4 is 5.14 Å². The lowest BCUT2D eigenvalue weighted by atomic mass is 10.2. The van der Waals surface area contributed by atoms with Crippen molar-refractivity contribution in [2.45, 2.75) is 18.2 Å². The van der Waals surface area contributed by atoms with Crippen LogP contribution in [0.25, 0.3) is 0 Å². The Hall–Kier alpha value is -1.28. The van der Waals surface area contributed by atoms with E-state index in [9.17, 15) is 22.3 Å². The number of halogens is 2. The fourth-order valence-electron chi connectivity index (χ4n) is 1.04. The third-order valence-electron chi connectivity index (χ3n) is 1.80. The molecule has 0 aliphatic heterocycles. The molecule has 0 radical (unpaired) electrons. The smallest absolute Gasteiger partial charge is 0.284 e. The van der Waals surface area contributed by atoms with Crippen LogP contribution in [-0.2, 0) is 10.0 Å². The van der Waals surface area contributed by atoms with Crippen molar-refractivity contribution in [2.24, 2.45) is 5.14 Å². The molecule has 0 saturated heterocycles. The summed E-state index contributed by atoms with van der Waals surface area (Å²) in [5.41, 5.74) is -1.09. The van der Waals surface area contributed by atoms with E-state index in [4.69, 9.17) is 5.14 Å². The Morgan fingerprint density at radius 1 is 1.53 bits per heavy atom. The zero-order valence-corrected chi connectivity index (χ0v) is 8.42. The number of hydrogen-bond acceptors (Lipinski definition) is 4. The Morgan fingerprint density at radius 3 is 2.47 bits per heavy atom. The summed E-state index contributed by atoms with van der Waals surface area (Å²) < 4.78 is 46.3. The second-order valence-electron chi connectivity index (χ2n) is 2.83. The fourth-order valence-corrected chi connectivity index (χ4v) is 1.76. The summed E-state index contributed by atoms with van der Waals surface area (Å²) >= 11 is 0. The standard InChI is InChI=1S/C7H8F2N2O3S/c1-3-4(15(10,13)14)2-11-5(6(3)12)7(8)9/h2,7,12H,1H3,(H2,10,13,14). The highest BCUT2D eigenvalue weighted by Gasteiger charge is 2.22. The minimum atomic E-state index is -4.07. The quantitative estimate of drug-likeness (QED) is 0.792. The van der Waals surface area contributed by atoms with E-state index in [0.29, 0.717) is 6.20 Å². The van der Waals surface area contributed by atoms with Crippen molar-refractivity contribution in [3.8, 4) is 5.75 Å². The molecule has 3 N–H and O–H groups in total. The second-order valence-corrected chi connectivity index (χ2v) is 4.36. The van der Waals surface area contributed by atoms with Crippen LogP contribution in [0.2, 0.25) is 0 Å². The molecule has 0 aliphatic rings. The highest BCUT2D eigenvalue weighted by Crippen LogP contribution is 2.31. The molecular weight excluding hydrogens is 230 g/mol. The minimum absolute atomic E-state index is 0.234. The molecule has 0 aliphatic carbocycles. The van der Waals surface area contributed by atoms with Gasteiger partial charge in [0.2, 0.25) is 10.0 Å². The van der Waals surface area contributed by atoms with Gasteiger partial charge in [-0.15, -0.1) is 0 Å². The van der Waals surface area contributed by atoms with Gasteiger partial charge in [0.05, 0.1) is 0 Å². The summed E-state index contributed by atoms with van der Waals surface area (Å²) in [6.07, 6.45) is -2.27. The molecule has 0 bridgehead atoms. The molecule has 0 saturated carbocycles. The predicted molar refractivity (Wildman–Crippen MR) is 47.0 cm³/mol. The average molecular weight is 238 g/mol. The predicted octanol–water partition coefficient (Wildman–Crippen LogP) is 0.681. The van der Waals surface area contributed by atoms with Gasteiger partial charge in [-0.2, -0.15) is 0 Å². The molecule has 1 aromatic heterocycles. The van der Waals surface area contributed by atoms with Gasteiger partial charge in [-0.3, -0.25) is 0 Å². The van der Waals surface area contributed by atoms with Crippen LogP contribution in [-0.4, -0.2) is 18.5 Å². The maximum absolute atomic E-state index is 12.2. The van der Waals surface area contributed by atoms with Crippen molar-refractivity contribution in [3.63, 3.8) is 0 Å². The van der Waals surface area contributed by atoms with E-state index >= 15 is 0 Å². The normalized spacial score (nSPS) is 12.1. The number of pyridine rings is 1. The lowest BCUT2D eigenvalue weighted by Crippen LogP contribution is -2.14. The fraction of sp³-hybridized carbons (Fsp3) is 0.286. The lowest BCUT2D eigenvalue weighted by Gasteiger charge is -2.08. The van der Waals surface area contributed by atoms with Crippen molar-refractivity contribution < 1.29 is 22.3 Å². The SMILES string of the molecule is Cc1c(S(N)(=O)=O)cnc(C(F)F)c1O. The van der Waals surface area contributed by atoms with Crippen LogP contribution in [0, 0.1) is 6.92 Å². The number of nitrogens with two attached hydrogens (primary N) is 1. The number of aromatic nitrogens is 1. The van der Waals surface area contributed by atoms with Gasteiger partial charge in [0.15, 0.2) is 0 Å². The first-order valence-corrected chi connectivity index (χ1v) is 5.29. The van der Waals surface area contributed by atoms with E-state index < -0.39 is 32.8 Å². The zero-order chi connectivity index (χ0) is 11.8. The van der Waals surface area contributed by atoms with Crippen molar-refractivity contribution in [1.29, 1.82) is 0 Å². The second kappa shape index (κ2) is 3.70. The van der Waals surface area contributed by atoms with Crippen LogP contribution in [0.15, 0.2) is 11.1 Å².